The van der Waals surface area contributed by atoms with Gasteiger partial charge in [0.1, 0.15) is 0 Å². The van der Waals surface area contributed by atoms with Crippen LogP contribution in [-0.2, 0) is 0 Å². The van der Waals surface area contributed by atoms with Gasteiger partial charge in [-0.15, -0.1) is 24.0 Å². The fourth-order valence-corrected chi connectivity index (χ4v) is 2.85. The Balaban J connectivity index is 0.00000441. The van der Waals surface area contributed by atoms with Gasteiger partial charge < -0.3 is 15.5 Å². The van der Waals surface area contributed by atoms with Gasteiger partial charge >= 0.3 is 0 Å². The van der Waals surface area contributed by atoms with Gasteiger partial charge in [-0.2, -0.15) is 0 Å². The molecule has 2 atom stereocenters. The highest BCUT2D eigenvalue weighted by Crippen LogP contribution is 2.15. The number of hydrogen-bond donors (Lipinski definition) is 2. The van der Waals surface area contributed by atoms with Gasteiger partial charge in [-0.1, -0.05) is 13.8 Å². The highest BCUT2D eigenvalue weighted by atomic mass is 127. The first-order chi connectivity index (χ1) is 10.0. The van der Waals surface area contributed by atoms with E-state index in [1.54, 1.807) is 0 Å². The van der Waals surface area contributed by atoms with E-state index in [2.05, 4.69) is 50.3 Å². The van der Waals surface area contributed by atoms with E-state index in [-0.39, 0.29) is 24.0 Å². The van der Waals surface area contributed by atoms with Crippen LogP contribution in [0.25, 0.3) is 0 Å². The number of hydrogen-bond acceptors (Lipinski definition) is 2. The van der Waals surface area contributed by atoms with Crippen LogP contribution in [0.3, 0.4) is 0 Å². The summed E-state index contributed by atoms with van der Waals surface area (Å²) in [5, 5.41) is 6.93. The van der Waals surface area contributed by atoms with Crippen molar-refractivity contribution in [2.24, 2.45) is 16.8 Å². The largest absolute Gasteiger partial charge is 0.357 e. The average Bonchev–Trinajstić information content (AvgIpc) is 2.43. The smallest absolute Gasteiger partial charge is 0.191 e. The molecule has 0 bridgehead atoms. The standard InChI is InChI=1S/C17H36N4.HI/c1-6-18-17(20-15(4)10-9-14(2)3)19-12-16-8-7-11-21(5)13-16;/h14-16H,6-13H2,1-5H3,(H2,18,19,20);1H. The quantitative estimate of drug-likeness (QED) is 0.374. The van der Waals surface area contributed by atoms with Gasteiger partial charge in [0.25, 0.3) is 0 Å². The van der Waals surface area contributed by atoms with Crippen molar-refractivity contribution in [3.05, 3.63) is 0 Å². The van der Waals surface area contributed by atoms with E-state index >= 15 is 0 Å². The molecule has 2 unspecified atom stereocenters. The second kappa shape index (κ2) is 12.4. The molecule has 0 aliphatic carbocycles. The number of piperidine rings is 1. The molecular formula is C17H37IN4. The van der Waals surface area contributed by atoms with E-state index in [4.69, 9.17) is 4.99 Å². The van der Waals surface area contributed by atoms with Crippen LogP contribution in [0, 0.1) is 11.8 Å². The fraction of sp³-hybridized carbons (Fsp3) is 0.941. The molecule has 4 nitrogen and oxygen atoms in total. The summed E-state index contributed by atoms with van der Waals surface area (Å²) in [6.07, 6.45) is 5.09. The number of halogens is 1. The molecule has 0 aromatic rings. The van der Waals surface area contributed by atoms with Gasteiger partial charge in [-0.05, 0) is 65.0 Å². The van der Waals surface area contributed by atoms with Gasteiger partial charge in [-0.3, -0.25) is 4.99 Å². The Morgan fingerprint density at radius 1 is 1.27 bits per heavy atom. The molecular weight excluding hydrogens is 387 g/mol. The predicted octanol–water partition coefficient (Wildman–Crippen LogP) is 3.33. The van der Waals surface area contributed by atoms with E-state index in [9.17, 15) is 0 Å². The third-order valence-corrected chi connectivity index (χ3v) is 4.13. The zero-order valence-corrected chi connectivity index (χ0v) is 17.5. The third-order valence-electron chi connectivity index (χ3n) is 4.13. The monoisotopic (exact) mass is 424 g/mol. The number of nitrogens with one attached hydrogen (secondary N) is 2. The summed E-state index contributed by atoms with van der Waals surface area (Å²) in [6.45, 7) is 13.2. The Bertz CT molecular complexity index is 307. The molecule has 2 N–H and O–H groups in total. The lowest BCUT2D eigenvalue weighted by Gasteiger charge is -2.29. The summed E-state index contributed by atoms with van der Waals surface area (Å²) in [5.74, 6) is 2.47. The molecule has 22 heavy (non-hydrogen) atoms. The number of likely N-dealkylation sites (tertiary alicyclic amines) is 1. The Labute approximate surface area is 154 Å². The summed E-state index contributed by atoms with van der Waals surface area (Å²) in [4.78, 5) is 7.23. The number of rotatable bonds is 7. The van der Waals surface area contributed by atoms with Crippen molar-refractivity contribution in [2.75, 3.05) is 33.2 Å². The molecule has 5 heteroatoms. The van der Waals surface area contributed by atoms with E-state index in [0.717, 1.165) is 25.0 Å². The highest BCUT2D eigenvalue weighted by molar-refractivity contribution is 14.0. The summed E-state index contributed by atoms with van der Waals surface area (Å²) < 4.78 is 0. The SMILES string of the molecule is CCNC(=NCC1CCCN(C)C1)NC(C)CCC(C)C.I. The third kappa shape index (κ3) is 9.87. The topological polar surface area (TPSA) is 39.7 Å². The lowest BCUT2D eigenvalue weighted by molar-refractivity contribution is 0.214. The Hall–Kier alpha value is -0.0400. The van der Waals surface area contributed by atoms with Crippen molar-refractivity contribution >= 4 is 29.9 Å². The number of aliphatic imine (C=N–C) groups is 1. The molecule has 0 spiro atoms. The maximum absolute atomic E-state index is 4.81. The lowest BCUT2D eigenvalue weighted by atomic mass is 9.99. The van der Waals surface area contributed by atoms with Crippen molar-refractivity contribution in [1.82, 2.24) is 15.5 Å². The maximum atomic E-state index is 4.81. The highest BCUT2D eigenvalue weighted by Gasteiger charge is 2.17. The van der Waals surface area contributed by atoms with Gasteiger partial charge in [0.15, 0.2) is 5.96 Å². The maximum Gasteiger partial charge on any atom is 0.191 e. The van der Waals surface area contributed by atoms with Crippen LogP contribution in [0.1, 0.15) is 53.4 Å². The first kappa shape index (κ1) is 22.0. The zero-order chi connectivity index (χ0) is 15.7. The lowest BCUT2D eigenvalue weighted by Crippen LogP contribution is -2.43. The van der Waals surface area contributed by atoms with Crippen molar-refractivity contribution in [2.45, 2.75) is 59.4 Å². The summed E-state index contributed by atoms with van der Waals surface area (Å²) in [6, 6.07) is 0.485. The molecule has 1 fully saturated rings. The average molecular weight is 424 g/mol. The van der Waals surface area contributed by atoms with Crippen molar-refractivity contribution in [3.8, 4) is 0 Å². The molecule has 0 amide bonds. The van der Waals surface area contributed by atoms with Crippen LogP contribution in [0.15, 0.2) is 4.99 Å². The zero-order valence-electron chi connectivity index (χ0n) is 15.2. The Morgan fingerprint density at radius 3 is 2.59 bits per heavy atom. The minimum absolute atomic E-state index is 0. The van der Waals surface area contributed by atoms with E-state index in [1.165, 1.54) is 38.8 Å². The molecule has 0 aromatic carbocycles. The van der Waals surface area contributed by atoms with Crippen molar-refractivity contribution in [3.63, 3.8) is 0 Å². The molecule has 0 radical (unpaired) electrons. The molecule has 1 saturated heterocycles. The molecule has 0 aromatic heterocycles. The molecule has 1 rings (SSSR count). The van der Waals surface area contributed by atoms with Crippen molar-refractivity contribution in [1.29, 1.82) is 0 Å². The van der Waals surface area contributed by atoms with Crippen LogP contribution < -0.4 is 10.6 Å². The van der Waals surface area contributed by atoms with Crippen LogP contribution in [0.5, 0.6) is 0 Å². The summed E-state index contributed by atoms with van der Waals surface area (Å²) in [5.41, 5.74) is 0. The van der Waals surface area contributed by atoms with Crippen LogP contribution in [0.4, 0.5) is 0 Å². The number of guanidine groups is 1. The summed E-state index contributed by atoms with van der Waals surface area (Å²) in [7, 11) is 2.22. The van der Waals surface area contributed by atoms with E-state index in [0.29, 0.717) is 12.0 Å². The van der Waals surface area contributed by atoms with Crippen molar-refractivity contribution < 1.29 is 0 Å². The number of nitrogens with zero attached hydrogens (tertiary/aromatic N) is 2. The molecule has 1 aliphatic rings. The summed E-state index contributed by atoms with van der Waals surface area (Å²) >= 11 is 0. The Morgan fingerprint density at radius 2 is 2.00 bits per heavy atom. The Kier molecular flexibility index (Phi) is 12.4. The fourth-order valence-electron chi connectivity index (χ4n) is 2.85. The van der Waals surface area contributed by atoms with Crippen LogP contribution in [-0.4, -0.2) is 50.1 Å². The van der Waals surface area contributed by atoms with Gasteiger partial charge in [-0.25, -0.2) is 0 Å². The molecule has 0 saturated carbocycles. The van der Waals surface area contributed by atoms with Gasteiger partial charge in [0.2, 0.25) is 0 Å². The van der Waals surface area contributed by atoms with Gasteiger partial charge in [0.05, 0.1) is 0 Å². The predicted molar refractivity (Wildman–Crippen MR) is 108 cm³/mol. The second-order valence-electron chi connectivity index (χ2n) is 7.01. The van der Waals surface area contributed by atoms with E-state index in [1.807, 2.05) is 0 Å². The molecule has 1 aliphatic heterocycles. The van der Waals surface area contributed by atoms with Crippen LogP contribution in [0.2, 0.25) is 0 Å². The van der Waals surface area contributed by atoms with Gasteiger partial charge in [0, 0.05) is 25.7 Å². The minimum Gasteiger partial charge on any atom is -0.357 e. The first-order valence-corrected chi connectivity index (χ1v) is 8.74. The molecule has 1 heterocycles. The normalized spacial score (nSPS) is 21.4. The van der Waals surface area contributed by atoms with Crippen LogP contribution >= 0.6 is 24.0 Å². The molecule has 132 valence electrons. The minimum atomic E-state index is 0. The van der Waals surface area contributed by atoms with E-state index < -0.39 is 0 Å². The first-order valence-electron chi connectivity index (χ1n) is 8.74. The second-order valence-corrected chi connectivity index (χ2v) is 7.01.